The third kappa shape index (κ3) is 21.8. The van der Waals surface area contributed by atoms with Gasteiger partial charge in [0.15, 0.2) is 5.60 Å². The molecule has 6 unspecified atom stereocenters. The molecule has 8 bridgehead atoms. The van der Waals surface area contributed by atoms with E-state index in [1.165, 1.54) is 13.8 Å². The minimum Gasteiger partial charge on any atom is -0.459 e. The molecule has 0 aromatic heterocycles. The van der Waals surface area contributed by atoms with E-state index >= 15 is 0 Å². The molecule has 127 heavy (non-hydrogen) atoms. The van der Waals surface area contributed by atoms with Gasteiger partial charge in [0.25, 0.3) is 0 Å². The molecule has 0 aromatic rings. The van der Waals surface area contributed by atoms with Gasteiger partial charge in [-0.25, -0.2) is 14.4 Å². The van der Waals surface area contributed by atoms with E-state index in [9.17, 15) is 63.3 Å². The van der Waals surface area contributed by atoms with Crippen molar-refractivity contribution in [2.45, 2.75) is 561 Å². The largest absolute Gasteiger partial charge is 0.459 e. The Hall–Kier alpha value is -3.14. The van der Waals surface area contributed by atoms with Gasteiger partial charge in [-0.3, -0.25) is 0 Å². The summed E-state index contributed by atoms with van der Waals surface area (Å²) in [6, 6.07) is 0. The van der Waals surface area contributed by atoms with Gasteiger partial charge < -0.3 is 83.1 Å². The van der Waals surface area contributed by atoms with Crippen molar-refractivity contribution < 1.29 is 111 Å². The van der Waals surface area contributed by atoms with Gasteiger partial charge in [-0.1, -0.05) is 47.4 Å². The van der Waals surface area contributed by atoms with Crippen molar-refractivity contribution in [2.24, 2.45) is 44.8 Å². The van der Waals surface area contributed by atoms with E-state index in [0.29, 0.717) is 107 Å². The zero-order valence-electron chi connectivity index (χ0n) is 88.2. The van der Waals surface area contributed by atoms with Crippen LogP contribution >= 0.6 is 0 Å². The summed E-state index contributed by atoms with van der Waals surface area (Å²) >= 11 is 0. The van der Waals surface area contributed by atoms with Crippen molar-refractivity contribution >= 4 is 17.9 Å². The van der Waals surface area contributed by atoms with Gasteiger partial charge in [-0.15, -0.1) is 0 Å². The summed E-state index contributed by atoms with van der Waals surface area (Å²) in [4.78, 5) is 39.2. The second-order valence-corrected chi connectivity index (χ2v) is 51.0. The molecule has 9 aliphatic carbocycles. The van der Waals surface area contributed by atoms with Crippen LogP contribution in [-0.4, -0.2) is 195 Å². The first kappa shape index (κ1) is 114. The van der Waals surface area contributed by atoms with E-state index in [2.05, 4.69) is 89.0 Å². The number of hydrogen-bond donors (Lipinski definition) is 7. The Morgan fingerprint density at radius 2 is 0.520 bits per heavy atom. The minimum atomic E-state index is -4.92. The molecular weight excluding hydrogens is 1630 g/mol. The van der Waals surface area contributed by atoms with E-state index in [1.807, 2.05) is 111 Å². The maximum Gasteiger partial charge on any atom is 0.419 e. The molecule has 9 rings (SSSR count). The molecule has 9 saturated carbocycles. The highest BCUT2D eigenvalue weighted by atomic mass is 19.4. The van der Waals surface area contributed by atoms with Gasteiger partial charge in [0.05, 0.1) is 106 Å². The summed E-state index contributed by atoms with van der Waals surface area (Å²) in [7, 11) is 0. The Kier molecular flexibility index (Phi) is 31.4. The number of carbonyl (C=O) groups excluding carboxylic acids is 3. The fraction of sp³-hybridized carbons (Fsp3) is 0.913. The van der Waals surface area contributed by atoms with E-state index in [1.54, 1.807) is 104 Å². The SMILES string of the molecule is C=C(C)C(=O)OC12CC3(C(C)(C)OC(C)(C)C(C)(C)O)CC(C(C)(C)OC(C)(C)C(C)(C)O)(C1)CC(C(C)(C)OC(C)(C)C(C)(C)O)(C2)C3.C=C(C)C(=O)OC12CC3CC(C(C)(C)OC(C)(C)C(C)(C)O)(C1)CC(C(C)(C)OC(C)(C)C(C)(C)O)(C3)C2.C=C(C)C(=O)OC1CC(C(CC)(CC)OC(C)(C)C(C)(C)O)C(C(CC)(CC)OC(C)(C)C(C)(O)C(F)(F)F)C1. The maximum atomic E-state index is 14.0. The molecule has 9 aliphatic rings. The quantitative estimate of drug-likeness (QED) is 0.0172. The fourth-order valence-electron chi connectivity index (χ4n) is 23.4. The number of ether oxygens (including phenoxy) is 10. The predicted molar refractivity (Wildman–Crippen MR) is 497 cm³/mol. The number of hydrogen-bond acceptors (Lipinski definition) is 20. The molecule has 6 atom stereocenters. The zero-order valence-corrected chi connectivity index (χ0v) is 88.2. The Morgan fingerprint density at radius 1 is 0.307 bits per heavy atom. The number of rotatable bonds is 38. The average molecular weight is 1810 g/mol. The smallest absolute Gasteiger partial charge is 0.419 e. The molecule has 742 valence electrons. The monoisotopic (exact) mass is 1810 g/mol. The summed E-state index contributed by atoms with van der Waals surface area (Å²) in [5.74, 6) is -1.64. The van der Waals surface area contributed by atoms with Crippen LogP contribution in [0.25, 0.3) is 0 Å². The van der Waals surface area contributed by atoms with Crippen LogP contribution in [0.4, 0.5) is 13.2 Å². The molecule has 23 heteroatoms. The topological polar surface area (TPSA) is 285 Å². The van der Waals surface area contributed by atoms with Crippen LogP contribution in [0.1, 0.15) is 420 Å². The van der Waals surface area contributed by atoms with Crippen molar-refractivity contribution in [1.29, 1.82) is 0 Å². The van der Waals surface area contributed by atoms with E-state index in [4.69, 9.17) is 47.4 Å². The maximum absolute atomic E-state index is 14.0. The predicted octanol–water partition coefficient (Wildman–Crippen LogP) is 22.0. The van der Waals surface area contributed by atoms with Crippen molar-refractivity contribution in [2.75, 3.05) is 0 Å². The summed E-state index contributed by atoms with van der Waals surface area (Å²) in [5.41, 5.74) is -25.7. The highest BCUT2D eigenvalue weighted by Gasteiger charge is 2.80. The van der Waals surface area contributed by atoms with Gasteiger partial charge in [0.1, 0.15) is 22.9 Å². The Morgan fingerprint density at radius 3 is 0.748 bits per heavy atom. The number of aliphatic hydroxyl groups is 7. The molecule has 0 amide bonds. The lowest BCUT2D eigenvalue weighted by molar-refractivity contribution is -0.373. The van der Waals surface area contributed by atoms with E-state index < -0.39 is 169 Å². The normalized spacial score (nSPS) is 28.8. The Labute approximate surface area is 767 Å². The van der Waals surface area contributed by atoms with Crippen LogP contribution in [0.2, 0.25) is 0 Å². The molecule has 0 heterocycles. The van der Waals surface area contributed by atoms with Crippen molar-refractivity contribution in [3.8, 4) is 0 Å². The van der Waals surface area contributed by atoms with Crippen molar-refractivity contribution in [1.82, 2.24) is 0 Å². The molecule has 0 aromatic carbocycles. The number of halogens is 3. The fourth-order valence-corrected chi connectivity index (χ4v) is 23.4. The van der Waals surface area contributed by atoms with Gasteiger partial charge in [0.2, 0.25) is 0 Å². The first-order chi connectivity index (χ1) is 55.7. The lowest BCUT2D eigenvalue weighted by Gasteiger charge is -2.77. The molecule has 0 saturated heterocycles. The second kappa shape index (κ2) is 34.8. The molecule has 9 fully saturated rings. The van der Waals surface area contributed by atoms with E-state index in [0.717, 1.165) is 32.6 Å². The minimum absolute atomic E-state index is 0.257. The first-order valence-corrected chi connectivity index (χ1v) is 47.4. The van der Waals surface area contributed by atoms with Gasteiger partial charge in [0, 0.05) is 43.8 Å². The number of alkyl halides is 3. The van der Waals surface area contributed by atoms with Crippen LogP contribution in [0, 0.1) is 44.8 Å². The van der Waals surface area contributed by atoms with Gasteiger partial charge in [-0.2, -0.15) is 13.2 Å². The van der Waals surface area contributed by atoms with Crippen LogP contribution in [0.5, 0.6) is 0 Å². The van der Waals surface area contributed by atoms with Crippen LogP contribution in [-0.2, 0) is 61.8 Å². The highest BCUT2D eigenvalue weighted by Crippen LogP contribution is 2.80. The average Bonchev–Trinajstić information content (AvgIpc) is 1.06. The van der Waals surface area contributed by atoms with Gasteiger partial charge in [-0.05, 0) is 410 Å². The summed E-state index contributed by atoms with van der Waals surface area (Å²) in [6.07, 6.45) is 6.00. The molecule has 0 spiro atoms. The summed E-state index contributed by atoms with van der Waals surface area (Å²) in [6.45, 7) is 92.8. The summed E-state index contributed by atoms with van der Waals surface area (Å²) < 4.78 is 109. The number of esters is 3. The van der Waals surface area contributed by atoms with Crippen LogP contribution < -0.4 is 0 Å². The van der Waals surface area contributed by atoms with Gasteiger partial charge >= 0.3 is 24.1 Å². The first-order valence-electron chi connectivity index (χ1n) is 47.4. The third-order valence-corrected chi connectivity index (χ3v) is 35.7. The standard InChI is InChI=1S/C41H74O8.C32H56O6.C31H55F3O6/c1-27(2)28(42)46-41-24-38(35(15,16)47-32(9,10)29(3,4)43)21-39(25-41,36(17,18)48-33(11,12)30(5,6)44)23-40(22-38,26-41)37(19,20)49-34(13,14)31(7,8)45;1-21(2)23(33)36-32-17-22-15-30(19-32,28(11,12)37-26(7,8)24(3,4)34)18-31(16-22,20-32)29(13,14)38-27(9,10)25(5,6)35;1-14-29(15-2,39-26(9,10)25(7,8)36)22-18-21(38-24(35)20(5)6)19-23(22)30(16-3,17-4)40-27(11,12)28(13,37)31(32,33)34/h43-45H,1,21-26H2,2-20H3;22,34-35H,1,15-20H2,2-14H3;21-23,36-37H,5,14-19H2,1-4,6-13H3. The molecule has 7 N–H and O–H groups in total. The van der Waals surface area contributed by atoms with E-state index in [-0.39, 0.29) is 34.2 Å². The highest BCUT2D eigenvalue weighted by molar-refractivity contribution is 5.88. The Bertz CT molecular complexity index is 3720. The number of carbonyl (C=O) groups is 3. The zero-order chi connectivity index (χ0) is 100. The molecule has 0 radical (unpaired) electrons. The molecular formula is C104H185F3O20. The van der Waals surface area contributed by atoms with Crippen LogP contribution in [0.15, 0.2) is 36.5 Å². The Balaban J connectivity index is 0.000000341. The molecule has 20 nitrogen and oxygen atoms in total. The second-order valence-electron chi connectivity index (χ2n) is 51.0. The molecule has 0 aliphatic heterocycles. The lowest BCUT2D eigenvalue weighted by Crippen LogP contribution is -2.77. The van der Waals surface area contributed by atoms with Crippen molar-refractivity contribution in [3.63, 3.8) is 0 Å². The lowest BCUT2D eigenvalue weighted by atomic mass is 9.31. The summed E-state index contributed by atoms with van der Waals surface area (Å²) in [5, 5.41) is 77.4. The third-order valence-electron chi connectivity index (χ3n) is 35.7. The van der Waals surface area contributed by atoms with Crippen LogP contribution in [0.3, 0.4) is 0 Å². The van der Waals surface area contributed by atoms with Crippen molar-refractivity contribution in [3.05, 3.63) is 36.5 Å².